The molecule has 7 nitrogen and oxygen atoms in total. The molecule has 0 aliphatic carbocycles. The number of fused-ring (bicyclic) bond motifs is 2. The quantitative estimate of drug-likeness (QED) is 0.525. The predicted molar refractivity (Wildman–Crippen MR) is 118 cm³/mol. The number of pyridine rings is 2. The average Bonchev–Trinajstić information content (AvgIpc) is 3.38. The summed E-state index contributed by atoms with van der Waals surface area (Å²) in [6, 6.07) is 12.8. The lowest BCUT2D eigenvalue weighted by atomic mass is 10.2. The molecule has 1 saturated heterocycles. The van der Waals surface area contributed by atoms with Crippen molar-refractivity contribution < 1.29 is 0 Å². The zero-order chi connectivity index (χ0) is 19.8. The normalized spacial score (nSPS) is 15.1. The monoisotopic (exact) mass is 389 g/mol. The zero-order valence-electron chi connectivity index (χ0n) is 17.1. The Balaban J connectivity index is 1.33. The lowest BCUT2D eigenvalue weighted by Gasteiger charge is -2.36. The van der Waals surface area contributed by atoms with Crippen LogP contribution in [-0.4, -0.2) is 70.7 Å². The Morgan fingerprint density at radius 3 is 2.59 bits per heavy atom. The van der Waals surface area contributed by atoms with Gasteiger partial charge in [-0.1, -0.05) is 6.07 Å². The summed E-state index contributed by atoms with van der Waals surface area (Å²) in [6.07, 6.45) is 6.04. The molecular formula is C22H27N7. The number of anilines is 2. The van der Waals surface area contributed by atoms with Crippen LogP contribution in [0.25, 0.3) is 16.7 Å². The Morgan fingerprint density at radius 2 is 1.76 bits per heavy atom. The smallest absolute Gasteiger partial charge is 0.142 e. The Morgan fingerprint density at radius 1 is 0.931 bits per heavy atom. The lowest BCUT2D eigenvalue weighted by Crippen LogP contribution is -2.47. The van der Waals surface area contributed by atoms with E-state index < -0.39 is 0 Å². The van der Waals surface area contributed by atoms with Crippen LogP contribution in [0.4, 0.5) is 11.6 Å². The molecule has 0 radical (unpaired) electrons. The van der Waals surface area contributed by atoms with Crippen LogP contribution in [0, 0.1) is 0 Å². The molecule has 1 aliphatic heterocycles. The maximum absolute atomic E-state index is 5.01. The predicted octanol–water partition coefficient (Wildman–Crippen LogP) is 2.57. The summed E-state index contributed by atoms with van der Waals surface area (Å²) in [7, 11) is 4.21. The highest BCUT2D eigenvalue weighted by Gasteiger charge is 2.20. The Labute approximate surface area is 170 Å². The van der Waals surface area contributed by atoms with E-state index in [0.29, 0.717) is 0 Å². The molecule has 29 heavy (non-hydrogen) atoms. The first kappa shape index (κ1) is 18.0. The van der Waals surface area contributed by atoms with E-state index in [-0.39, 0.29) is 0 Å². The van der Waals surface area contributed by atoms with Gasteiger partial charge in [0.15, 0.2) is 0 Å². The van der Waals surface area contributed by atoms with Crippen molar-refractivity contribution >= 4 is 28.3 Å². The molecule has 4 aromatic rings. The molecule has 0 N–H and O–H groups in total. The fourth-order valence-electron chi connectivity index (χ4n) is 4.07. The van der Waals surface area contributed by atoms with Crippen LogP contribution in [0.3, 0.4) is 0 Å². The minimum absolute atomic E-state index is 0.954. The maximum Gasteiger partial charge on any atom is 0.142 e. The number of hydrogen-bond acceptors (Lipinski definition) is 5. The van der Waals surface area contributed by atoms with Crippen molar-refractivity contribution in [3.63, 3.8) is 0 Å². The molecular weight excluding hydrogens is 362 g/mol. The second-order valence-electron chi connectivity index (χ2n) is 7.91. The molecule has 0 unspecified atom stereocenters. The molecule has 7 heteroatoms. The van der Waals surface area contributed by atoms with E-state index in [1.165, 1.54) is 11.2 Å². The summed E-state index contributed by atoms with van der Waals surface area (Å²) >= 11 is 0. The van der Waals surface area contributed by atoms with Crippen LogP contribution in [-0.2, 0) is 6.54 Å². The number of aromatic nitrogens is 4. The van der Waals surface area contributed by atoms with Crippen LogP contribution in [0.15, 0.2) is 55.0 Å². The van der Waals surface area contributed by atoms with Crippen LogP contribution in [0.2, 0.25) is 0 Å². The molecule has 0 amide bonds. The van der Waals surface area contributed by atoms with Gasteiger partial charge < -0.3 is 19.3 Å². The largest absolute Gasteiger partial charge is 0.354 e. The van der Waals surface area contributed by atoms with E-state index in [1.54, 1.807) is 0 Å². The van der Waals surface area contributed by atoms with Crippen molar-refractivity contribution in [1.82, 2.24) is 23.8 Å². The van der Waals surface area contributed by atoms with Gasteiger partial charge in [0.2, 0.25) is 0 Å². The van der Waals surface area contributed by atoms with Gasteiger partial charge in [-0.2, -0.15) is 0 Å². The van der Waals surface area contributed by atoms with Crippen LogP contribution < -0.4 is 9.80 Å². The number of nitrogens with zero attached hydrogens (tertiary/aromatic N) is 7. The van der Waals surface area contributed by atoms with Crippen molar-refractivity contribution in [2.75, 3.05) is 56.6 Å². The van der Waals surface area contributed by atoms with E-state index in [4.69, 9.17) is 4.98 Å². The van der Waals surface area contributed by atoms with Crippen molar-refractivity contribution in [2.45, 2.75) is 6.54 Å². The molecule has 5 rings (SSSR count). The summed E-state index contributed by atoms with van der Waals surface area (Å²) in [5.74, 6) is 2.28. The third-order valence-electron chi connectivity index (χ3n) is 5.72. The highest BCUT2D eigenvalue weighted by Crippen LogP contribution is 2.23. The van der Waals surface area contributed by atoms with Crippen molar-refractivity contribution in [2.24, 2.45) is 0 Å². The van der Waals surface area contributed by atoms with Gasteiger partial charge in [0, 0.05) is 63.2 Å². The fraction of sp³-hybridized carbons (Fsp3) is 0.364. The zero-order valence-corrected chi connectivity index (χ0v) is 17.1. The first-order chi connectivity index (χ1) is 14.2. The van der Waals surface area contributed by atoms with E-state index in [9.17, 15) is 0 Å². The third-order valence-corrected chi connectivity index (χ3v) is 5.72. The van der Waals surface area contributed by atoms with Crippen molar-refractivity contribution in [3.05, 3.63) is 55.0 Å². The SMILES string of the molecule is CN(C)CCn1ccc2ccc(N3CCN(c4cccc5nccn45)CC3)nc21. The lowest BCUT2D eigenvalue weighted by molar-refractivity contribution is 0.386. The van der Waals surface area contributed by atoms with Gasteiger partial charge >= 0.3 is 0 Å². The molecule has 0 aromatic carbocycles. The van der Waals surface area contributed by atoms with Gasteiger partial charge in [-0.3, -0.25) is 4.40 Å². The Bertz CT molecular complexity index is 1120. The van der Waals surface area contributed by atoms with Crippen molar-refractivity contribution in [1.29, 1.82) is 0 Å². The molecule has 150 valence electrons. The molecule has 0 bridgehead atoms. The standard InChI is InChI=1S/C22H27N7/c1-25(2)12-13-28-10-8-18-6-7-20(24-22(18)28)26-14-16-27(17-15-26)21-5-3-4-19-23-9-11-29(19)21/h3-11H,12-17H2,1-2H3. The van der Waals surface area contributed by atoms with Crippen LogP contribution in [0.5, 0.6) is 0 Å². The third kappa shape index (κ3) is 3.42. The van der Waals surface area contributed by atoms with Crippen LogP contribution >= 0.6 is 0 Å². The second kappa shape index (κ2) is 7.40. The first-order valence-electron chi connectivity index (χ1n) is 10.2. The molecule has 1 aliphatic rings. The summed E-state index contributed by atoms with van der Waals surface area (Å²) in [5.41, 5.74) is 2.07. The van der Waals surface area contributed by atoms with E-state index in [2.05, 4.69) is 79.3 Å². The van der Waals surface area contributed by atoms with Gasteiger partial charge in [-0.05, 0) is 44.4 Å². The van der Waals surface area contributed by atoms with Gasteiger partial charge in [0.25, 0.3) is 0 Å². The summed E-state index contributed by atoms with van der Waals surface area (Å²) in [5, 5.41) is 1.21. The second-order valence-corrected chi connectivity index (χ2v) is 7.91. The number of piperazine rings is 1. The van der Waals surface area contributed by atoms with Gasteiger partial charge in [0.05, 0.1) is 0 Å². The highest BCUT2D eigenvalue weighted by atomic mass is 15.3. The number of imidazole rings is 1. The Kier molecular flexibility index (Phi) is 4.60. The minimum Gasteiger partial charge on any atom is -0.354 e. The van der Waals surface area contributed by atoms with Gasteiger partial charge in [-0.25, -0.2) is 9.97 Å². The number of rotatable bonds is 5. The summed E-state index contributed by atoms with van der Waals surface area (Å²) < 4.78 is 4.42. The fourth-order valence-corrected chi connectivity index (χ4v) is 4.07. The molecule has 0 atom stereocenters. The Hall–Kier alpha value is -3.06. The van der Waals surface area contributed by atoms with Crippen molar-refractivity contribution in [3.8, 4) is 0 Å². The maximum atomic E-state index is 5.01. The average molecular weight is 390 g/mol. The number of hydrogen-bond donors (Lipinski definition) is 0. The van der Waals surface area contributed by atoms with E-state index in [0.717, 1.165) is 56.4 Å². The highest BCUT2D eigenvalue weighted by molar-refractivity contribution is 5.78. The molecule has 0 saturated carbocycles. The molecule has 5 heterocycles. The van der Waals surface area contributed by atoms with E-state index >= 15 is 0 Å². The van der Waals surface area contributed by atoms with Gasteiger partial charge in [0.1, 0.15) is 22.9 Å². The summed E-state index contributed by atoms with van der Waals surface area (Å²) in [4.78, 5) is 16.5. The van der Waals surface area contributed by atoms with Crippen LogP contribution in [0.1, 0.15) is 0 Å². The van der Waals surface area contributed by atoms with Gasteiger partial charge in [-0.15, -0.1) is 0 Å². The first-order valence-corrected chi connectivity index (χ1v) is 10.2. The number of likely N-dealkylation sites (N-methyl/N-ethyl adjacent to an activating group) is 1. The molecule has 0 spiro atoms. The molecule has 1 fully saturated rings. The topological polar surface area (TPSA) is 44.8 Å². The summed E-state index contributed by atoms with van der Waals surface area (Å²) in [6.45, 7) is 5.82. The minimum atomic E-state index is 0.954. The van der Waals surface area contributed by atoms with E-state index in [1.807, 2.05) is 18.5 Å². The molecule has 4 aromatic heterocycles.